The predicted octanol–water partition coefficient (Wildman–Crippen LogP) is 3.55. The second-order valence-electron chi connectivity index (χ2n) is 4.61. The van der Waals surface area contributed by atoms with Crippen molar-refractivity contribution >= 4 is 23.5 Å². The summed E-state index contributed by atoms with van der Waals surface area (Å²) in [5.41, 5.74) is -1.10. The number of benzene rings is 1. The Bertz CT molecular complexity index is 772. The zero-order valence-electron chi connectivity index (χ0n) is 12.1. The summed E-state index contributed by atoms with van der Waals surface area (Å²) in [6, 6.07) is 5.46. The number of halogens is 4. The maximum atomic E-state index is 12.8. The number of alkyl halides is 3. The maximum absolute atomic E-state index is 12.8. The number of hydrogen-bond acceptors (Lipinski definition) is 5. The molecule has 0 fully saturated rings. The Balaban J connectivity index is 2.06. The van der Waals surface area contributed by atoms with E-state index >= 15 is 0 Å². The molecule has 0 spiro atoms. The Morgan fingerprint density at radius 2 is 2.04 bits per heavy atom. The quantitative estimate of drug-likeness (QED) is 0.462. The molecule has 0 aliphatic rings. The van der Waals surface area contributed by atoms with Crippen LogP contribution in [0.4, 0.5) is 18.9 Å². The van der Waals surface area contributed by atoms with E-state index in [0.29, 0.717) is 5.56 Å². The van der Waals surface area contributed by atoms with Crippen LogP contribution in [-0.2, 0) is 24.7 Å². The molecule has 2 aromatic rings. The Hall–Kier alpha value is -2.62. The molecule has 1 aromatic carbocycles. The number of oxime groups is 1. The van der Waals surface area contributed by atoms with Gasteiger partial charge in [0.15, 0.2) is 5.69 Å². The van der Waals surface area contributed by atoms with Gasteiger partial charge < -0.3 is 4.84 Å². The summed E-state index contributed by atoms with van der Waals surface area (Å²) in [4.78, 5) is 14.9. The van der Waals surface area contributed by atoms with Gasteiger partial charge >= 0.3 is 6.18 Å². The number of nitro groups is 1. The first-order valence-electron chi connectivity index (χ1n) is 6.38. The molecule has 0 aliphatic heterocycles. The van der Waals surface area contributed by atoms with Crippen molar-refractivity contribution in [2.75, 3.05) is 0 Å². The van der Waals surface area contributed by atoms with Gasteiger partial charge in [0.2, 0.25) is 0 Å². The fourth-order valence-corrected chi connectivity index (χ4v) is 1.94. The first kappa shape index (κ1) is 17.7. The highest BCUT2D eigenvalue weighted by molar-refractivity contribution is 6.32. The van der Waals surface area contributed by atoms with Gasteiger partial charge in [-0.25, -0.2) is 0 Å². The molecule has 1 heterocycles. The van der Waals surface area contributed by atoms with Crippen molar-refractivity contribution in [2.24, 2.45) is 12.2 Å². The molecule has 24 heavy (non-hydrogen) atoms. The van der Waals surface area contributed by atoms with Crippen molar-refractivity contribution in [3.8, 4) is 0 Å². The van der Waals surface area contributed by atoms with Crippen molar-refractivity contribution in [3.63, 3.8) is 0 Å². The first-order chi connectivity index (χ1) is 11.2. The lowest BCUT2D eigenvalue weighted by molar-refractivity contribution is -0.384. The molecule has 0 saturated carbocycles. The topological polar surface area (TPSA) is 82.5 Å². The van der Waals surface area contributed by atoms with Gasteiger partial charge in [0, 0.05) is 19.2 Å². The van der Waals surface area contributed by atoms with Crippen molar-refractivity contribution in [1.82, 2.24) is 9.78 Å². The van der Waals surface area contributed by atoms with E-state index in [1.807, 2.05) is 0 Å². The molecule has 128 valence electrons. The van der Waals surface area contributed by atoms with Crippen LogP contribution in [0.1, 0.15) is 16.8 Å². The zero-order chi connectivity index (χ0) is 17.9. The van der Waals surface area contributed by atoms with E-state index in [0.717, 1.165) is 10.9 Å². The molecule has 0 saturated heterocycles. The summed E-state index contributed by atoms with van der Waals surface area (Å²) in [7, 11) is 1.27. The predicted molar refractivity (Wildman–Crippen MR) is 78.7 cm³/mol. The Kier molecular flexibility index (Phi) is 5.07. The lowest BCUT2D eigenvalue weighted by atomic mass is 10.2. The molecular weight excluding hydrogens is 353 g/mol. The van der Waals surface area contributed by atoms with Crippen molar-refractivity contribution in [3.05, 3.63) is 56.4 Å². The molecule has 0 radical (unpaired) electrons. The average Bonchev–Trinajstić information content (AvgIpc) is 2.80. The lowest BCUT2D eigenvalue weighted by Gasteiger charge is -2.03. The summed E-state index contributed by atoms with van der Waals surface area (Å²) < 4.78 is 39.4. The number of non-ortho nitro benzene ring substituents is 1. The van der Waals surface area contributed by atoms with E-state index in [1.54, 1.807) is 0 Å². The molecule has 0 N–H and O–H groups in total. The van der Waals surface area contributed by atoms with E-state index in [4.69, 9.17) is 16.4 Å². The third-order valence-corrected chi connectivity index (χ3v) is 3.36. The van der Waals surface area contributed by atoms with E-state index < -0.39 is 22.4 Å². The highest BCUT2D eigenvalue weighted by atomic mass is 35.5. The highest BCUT2D eigenvalue weighted by Crippen LogP contribution is 2.33. The van der Waals surface area contributed by atoms with Crippen LogP contribution in [0.2, 0.25) is 5.15 Å². The van der Waals surface area contributed by atoms with Gasteiger partial charge in [-0.05, 0) is 17.7 Å². The highest BCUT2D eigenvalue weighted by Gasteiger charge is 2.38. The van der Waals surface area contributed by atoms with Crippen LogP contribution in [0.15, 0.2) is 29.4 Å². The molecule has 0 unspecified atom stereocenters. The molecule has 11 heteroatoms. The van der Waals surface area contributed by atoms with Gasteiger partial charge in [-0.3, -0.25) is 14.8 Å². The van der Waals surface area contributed by atoms with E-state index in [9.17, 15) is 23.3 Å². The maximum Gasteiger partial charge on any atom is 0.435 e. The molecule has 0 bridgehead atoms. The SMILES string of the molecule is Cn1nc(C(F)(F)F)c(C=NOCc2ccc([N+](=O)[O-])cc2)c1Cl. The van der Waals surface area contributed by atoms with Crippen LogP contribution in [0.3, 0.4) is 0 Å². The van der Waals surface area contributed by atoms with Crippen LogP contribution < -0.4 is 0 Å². The van der Waals surface area contributed by atoms with Crippen LogP contribution in [0, 0.1) is 10.1 Å². The largest absolute Gasteiger partial charge is 0.435 e. The minimum atomic E-state index is -4.68. The van der Waals surface area contributed by atoms with Crippen molar-refractivity contribution < 1.29 is 22.9 Å². The van der Waals surface area contributed by atoms with Crippen molar-refractivity contribution in [1.29, 1.82) is 0 Å². The van der Waals surface area contributed by atoms with Crippen LogP contribution in [0.5, 0.6) is 0 Å². The van der Waals surface area contributed by atoms with Gasteiger partial charge in [0.1, 0.15) is 11.8 Å². The molecule has 0 amide bonds. The molecular formula is C13H10ClF3N4O3. The molecule has 0 aliphatic carbocycles. The number of aromatic nitrogens is 2. The minimum Gasteiger partial charge on any atom is -0.391 e. The smallest absolute Gasteiger partial charge is 0.391 e. The number of nitrogens with zero attached hydrogens (tertiary/aromatic N) is 4. The molecule has 0 atom stereocenters. The third-order valence-electron chi connectivity index (χ3n) is 2.91. The Morgan fingerprint density at radius 3 is 2.58 bits per heavy atom. The van der Waals surface area contributed by atoms with Gasteiger partial charge in [-0.2, -0.15) is 18.3 Å². The first-order valence-corrected chi connectivity index (χ1v) is 6.76. The van der Waals surface area contributed by atoms with Gasteiger partial charge in [-0.1, -0.05) is 16.8 Å². The zero-order valence-corrected chi connectivity index (χ0v) is 12.9. The van der Waals surface area contributed by atoms with Crippen LogP contribution in [0.25, 0.3) is 0 Å². The normalized spacial score (nSPS) is 11.9. The number of hydrogen-bond donors (Lipinski definition) is 0. The van der Waals surface area contributed by atoms with Crippen LogP contribution >= 0.6 is 11.6 Å². The molecule has 1 aromatic heterocycles. The monoisotopic (exact) mass is 362 g/mol. The fraction of sp³-hybridized carbons (Fsp3) is 0.231. The van der Waals surface area contributed by atoms with E-state index in [2.05, 4.69) is 10.3 Å². The average molecular weight is 363 g/mol. The van der Waals surface area contributed by atoms with Crippen LogP contribution in [-0.4, -0.2) is 20.9 Å². The second kappa shape index (κ2) is 6.87. The summed E-state index contributed by atoms with van der Waals surface area (Å²) in [5, 5.41) is 17.0. The lowest BCUT2D eigenvalue weighted by Crippen LogP contribution is -2.09. The summed E-state index contributed by atoms with van der Waals surface area (Å²) in [6.45, 7) is -0.0757. The Labute approximate surface area is 138 Å². The van der Waals surface area contributed by atoms with Crippen molar-refractivity contribution in [2.45, 2.75) is 12.8 Å². The second-order valence-corrected chi connectivity index (χ2v) is 4.96. The van der Waals surface area contributed by atoms with E-state index in [-0.39, 0.29) is 17.4 Å². The number of rotatable bonds is 5. The summed E-state index contributed by atoms with van der Waals surface area (Å²) in [6.07, 6.45) is -3.85. The van der Waals surface area contributed by atoms with E-state index in [1.165, 1.54) is 31.3 Å². The number of aryl methyl sites for hydroxylation is 1. The molecule has 2 rings (SSSR count). The van der Waals surface area contributed by atoms with Gasteiger partial charge in [0.05, 0.1) is 16.7 Å². The van der Waals surface area contributed by atoms with Gasteiger partial charge in [0.25, 0.3) is 5.69 Å². The Morgan fingerprint density at radius 1 is 1.42 bits per heavy atom. The minimum absolute atomic E-state index is 0.0757. The molecule has 7 nitrogen and oxygen atoms in total. The standard InChI is InChI=1S/C13H10ClF3N4O3/c1-20-12(14)10(11(19-20)13(15,16)17)6-18-24-7-8-2-4-9(5-3-8)21(22)23/h2-6H,7H2,1H3. The summed E-state index contributed by atoms with van der Waals surface area (Å²) in [5.74, 6) is 0. The fourth-order valence-electron chi connectivity index (χ4n) is 1.76. The third kappa shape index (κ3) is 4.02. The van der Waals surface area contributed by atoms with Gasteiger partial charge in [-0.15, -0.1) is 0 Å². The summed E-state index contributed by atoms with van der Waals surface area (Å²) >= 11 is 5.75. The number of nitro benzene ring substituents is 1.